The second-order valence-corrected chi connectivity index (χ2v) is 3.23. The van der Waals surface area contributed by atoms with Gasteiger partial charge in [-0.25, -0.2) is 5.14 Å². The SMILES string of the molecule is NS(=O)(=O)Nc1c[c]ccc1. The Morgan fingerprint density at radius 3 is 2.73 bits per heavy atom. The minimum atomic E-state index is -3.65. The first-order valence-electron chi connectivity index (χ1n) is 2.84. The van der Waals surface area contributed by atoms with Gasteiger partial charge in [-0.3, -0.25) is 4.72 Å². The van der Waals surface area contributed by atoms with Gasteiger partial charge in [0.15, 0.2) is 0 Å². The summed E-state index contributed by atoms with van der Waals surface area (Å²) in [4.78, 5) is 0. The van der Waals surface area contributed by atoms with Crippen LogP contribution < -0.4 is 9.86 Å². The molecule has 0 fully saturated rings. The third-order valence-corrected chi connectivity index (χ3v) is 1.49. The Balaban J connectivity index is 2.82. The van der Waals surface area contributed by atoms with Gasteiger partial charge in [0.25, 0.3) is 10.2 Å². The van der Waals surface area contributed by atoms with Gasteiger partial charge in [0.05, 0.1) is 5.69 Å². The van der Waals surface area contributed by atoms with E-state index < -0.39 is 10.2 Å². The molecule has 5 heteroatoms. The molecule has 4 nitrogen and oxygen atoms in total. The highest BCUT2D eigenvalue weighted by Gasteiger charge is 1.99. The third kappa shape index (κ3) is 3.01. The Labute approximate surface area is 65.2 Å². The van der Waals surface area contributed by atoms with E-state index >= 15 is 0 Å². The Hall–Kier alpha value is -1.07. The van der Waals surface area contributed by atoms with Crippen molar-refractivity contribution in [3.05, 3.63) is 30.3 Å². The molecule has 0 unspecified atom stereocenters. The summed E-state index contributed by atoms with van der Waals surface area (Å²) in [5.74, 6) is 0. The van der Waals surface area contributed by atoms with E-state index in [-0.39, 0.29) is 0 Å². The average Bonchev–Trinajstić information content (AvgIpc) is 1.85. The van der Waals surface area contributed by atoms with Crippen molar-refractivity contribution >= 4 is 15.9 Å². The van der Waals surface area contributed by atoms with Crippen molar-refractivity contribution in [1.82, 2.24) is 0 Å². The van der Waals surface area contributed by atoms with Crippen LogP contribution in [0.5, 0.6) is 0 Å². The Bertz CT molecular complexity index is 320. The third-order valence-electron chi connectivity index (χ3n) is 0.967. The van der Waals surface area contributed by atoms with Crippen LogP contribution in [0.2, 0.25) is 0 Å². The van der Waals surface area contributed by atoms with Crippen molar-refractivity contribution in [2.75, 3.05) is 4.72 Å². The molecule has 0 aliphatic heterocycles. The molecule has 11 heavy (non-hydrogen) atoms. The van der Waals surface area contributed by atoms with E-state index in [0.717, 1.165) is 0 Å². The van der Waals surface area contributed by atoms with Crippen LogP contribution in [-0.2, 0) is 10.2 Å². The number of anilines is 1. The molecule has 0 saturated heterocycles. The minimum Gasteiger partial charge on any atom is -0.271 e. The lowest BCUT2D eigenvalue weighted by atomic mass is 10.3. The molecule has 0 aliphatic rings. The highest BCUT2D eigenvalue weighted by atomic mass is 32.2. The van der Waals surface area contributed by atoms with Crippen LogP contribution in [0, 0.1) is 6.07 Å². The predicted octanol–water partition coefficient (Wildman–Crippen LogP) is 0.102. The molecular formula is C6H7N2O2S. The fourth-order valence-corrected chi connectivity index (χ4v) is 1.08. The van der Waals surface area contributed by atoms with Gasteiger partial charge in [0.2, 0.25) is 0 Å². The van der Waals surface area contributed by atoms with Crippen LogP contribution in [-0.4, -0.2) is 8.42 Å². The summed E-state index contributed by atoms with van der Waals surface area (Å²) in [6.07, 6.45) is 0. The zero-order chi connectivity index (χ0) is 8.32. The highest BCUT2D eigenvalue weighted by Crippen LogP contribution is 2.04. The fourth-order valence-electron chi connectivity index (χ4n) is 0.621. The minimum absolute atomic E-state index is 0.412. The predicted molar refractivity (Wildman–Crippen MR) is 42.0 cm³/mol. The van der Waals surface area contributed by atoms with Gasteiger partial charge in [-0.2, -0.15) is 8.42 Å². The van der Waals surface area contributed by atoms with Crippen molar-refractivity contribution in [2.24, 2.45) is 5.14 Å². The second-order valence-electron chi connectivity index (χ2n) is 1.94. The molecule has 59 valence electrons. The molecule has 0 atom stereocenters. The topological polar surface area (TPSA) is 72.2 Å². The molecule has 0 aliphatic carbocycles. The first kappa shape index (κ1) is 8.03. The van der Waals surface area contributed by atoms with Crippen LogP contribution >= 0.6 is 0 Å². The number of nitrogens with one attached hydrogen (secondary N) is 1. The largest absolute Gasteiger partial charge is 0.296 e. The maximum atomic E-state index is 10.5. The lowest BCUT2D eigenvalue weighted by Crippen LogP contribution is -2.21. The average molecular weight is 171 g/mol. The van der Waals surface area contributed by atoms with Crippen molar-refractivity contribution in [1.29, 1.82) is 0 Å². The summed E-state index contributed by atoms with van der Waals surface area (Å²) in [5, 5.41) is 4.71. The molecule has 0 spiro atoms. The molecule has 0 saturated carbocycles. The Morgan fingerprint density at radius 2 is 2.27 bits per heavy atom. The molecule has 1 aromatic rings. The summed E-state index contributed by atoms with van der Waals surface area (Å²) < 4.78 is 23.0. The van der Waals surface area contributed by atoms with Crippen LogP contribution in [0.15, 0.2) is 24.3 Å². The van der Waals surface area contributed by atoms with Crippen LogP contribution in [0.25, 0.3) is 0 Å². The van der Waals surface area contributed by atoms with Crippen molar-refractivity contribution in [3.8, 4) is 0 Å². The number of rotatable bonds is 2. The zero-order valence-corrected chi connectivity index (χ0v) is 6.43. The van der Waals surface area contributed by atoms with Gasteiger partial charge in [-0.1, -0.05) is 12.1 Å². The van der Waals surface area contributed by atoms with Gasteiger partial charge in [0.1, 0.15) is 0 Å². The number of nitrogens with two attached hydrogens (primary N) is 1. The van der Waals surface area contributed by atoms with Gasteiger partial charge in [-0.05, 0) is 18.2 Å². The maximum absolute atomic E-state index is 10.5. The lowest BCUT2D eigenvalue weighted by molar-refractivity contribution is 0.603. The molecule has 1 radical (unpaired) electrons. The standard InChI is InChI=1S/C6H7N2O2S/c7-11(9,10)8-6-4-2-1-3-5-6/h1-2,4-5,8H,(H2,7,9,10). The van der Waals surface area contributed by atoms with Gasteiger partial charge in [0, 0.05) is 0 Å². The van der Waals surface area contributed by atoms with Crippen molar-refractivity contribution in [2.45, 2.75) is 0 Å². The van der Waals surface area contributed by atoms with Gasteiger partial charge < -0.3 is 0 Å². The molecule has 1 rings (SSSR count). The summed E-state index contributed by atoms with van der Waals surface area (Å²) in [6, 6.07) is 9.10. The molecular weight excluding hydrogens is 164 g/mol. The molecule has 0 amide bonds. The van der Waals surface area contributed by atoms with E-state index in [4.69, 9.17) is 5.14 Å². The Kier molecular flexibility index (Phi) is 2.11. The monoisotopic (exact) mass is 171 g/mol. The van der Waals surface area contributed by atoms with E-state index in [9.17, 15) is 8.42 Å². The summed E-state index contributed by atoms with van der Waals surface area (Å²) in [6.45, 7) is 0. The molecule has 0 heterocycles. The summed E-state index contributed by atoms with van der Waals surface area (Å²) in [5.41, 5.74) is 0.412. The molecule has 1 aromatic carbocycles. The second kappa shape index (κ2) is 2.89. The van der Waals surface area contributed by atoms with E-state index in [1.165, 1.54) is 6.07 Å². The maximum Gasteiger partial charge on any atom is 0.296 e. The zero-order valence-electron chi connectivity index (χ0n) is 5.61. The first-order chi connectivity index (χ1) is 5.08. The normalized spacial score (nSPS) is 11.0. The quantitative estimate of drug-likeness (QED) is 0.662. The molecule has 3 N–H and O–H groups in total. The lowest BCUT2D eigenvalue weighted by Gasteiger charge is -2.00. The summed E-state index contributed by atoms with van der Waals surface area (Å²) >= 11 is 0. The molecule has 0 aromatic heterocycles. The fraction of sp³-hybridized carbons (Fsp3) is 0. The highest BCUT2D eigenvalue weighted by molar-refractivity contribution is 7.90. The van der Waals surface area contributed by atoms with Crippen LogP contribution in [0.4, 0.5) is 5.69 Å². The molecule has 0 bridgehead atoms. The van der Waals surface area contributed by atoms with Crippen molar-refractivity contribution in [3.63, 3.8) is 0 Å². The van der Waals surface area contributed by atoms with E-state index in [2.05, 4.69) is 10.8 Å². The van der Waals surface area contributed by atoms with E-state index in [1.807, 2.05) is 0 Å². The Morgan fingerprint density at radius 1 is 1.55 bits per heavy atom. The van der Waals surface area contributed by atoms with Crippen molar-refractivity contribution < 1.29 is 8.42 Å². The van der Waals surface area contributed by atoms with Gasteiger partial charge >= 0.3 is 0 Å². The van der Waals surface area contributed by atoms with Crippen LogP contribution in [0.1, 0.15) is 0 Å². The summed E-state index contributed by atoms with van der Waals surface area (Å²) in [7, 11) is -3.65. The number of hydrogen-bond donors (Lipinski definition) is 2. The number of hydrogen-bond acceptors (Lipinski definition) is 2. The van der Waals surface area contributed by atoms with E-state index in [1.54, 1.807) is 18.2 Å². The smallest absolute Gasteiger partial charge is 0.271 e. The van der Waals surface area contributed by atoms with Gasteiger partial charge in [-0.15, -0.1) is 0 Å². The number of benzene rings is 1. The first-order valence-corrected chi connectivity index (χ1v) is 4.39. The van der Waals surface area contributed by atoms with E-state index in [0.29, 0.717) is 5.69 Å². The van der Waals surface area contributed by atoms with Crippen LogP contribution in [0.3, 0.4) is 0 Å².